The van der Waals surface area contributed by atoms with Gasteiger partial charge in [0, 0.05) is 11.8 Å². The molecule has 0 aliphatic heterocycles. The maximum absolute atomic E-state index is 12.4. The predicted molar refractivity (Wildman–Crippen MR) is 111 cm³/mol. The van der Waals surface area contributed by atoms with Gasteiger partial charge in [-0.15, -0.1) is 0 Å². The van der Waals surface area contributed by atoms with Crippen molar-refractivity contribution in [3.05, 3.63) is 77.1 Å². The minimum Gasteiger partial charge on any atom is -0.493 e. The first-order valence-electron chi connectivity index (χ1n) is 9.46. The highest BCUT2D eigenvalue weighted by atomic mass is 19.3. The van der Waals surface area contributed by atoms with Crippen LogP contribution in [0.5, 0.6) is 11.5 Å². The van der Waals surface area contributed by atoms with Crippen molar-refractivity contribution in [3.8, 4) is 17.2 Å². The Bertz CT molecular complexity index is 1080. The van der Waals surface area contributed by atoms with E-state index in [4.69, 9.17) is 9.47 Å². The molecule has 0 spiro atoms. The zero-order valence-electron chi connectivity index (χ0n) is 17.3. The molecule has 0 bridgehead atoms. The Labute approximate surface area is 178 Å². The summed E-state index contributed by atoms with van der Waals surface area (Å²) in [7, 11) is 1.34. The number of aryl methyl sites for hydroxylation is 2. The minimum atomic E-state index is -2.95. The van der Waals surface area contributed by atoms with Crippen LogP contribution in [0.15, 0.2) is 54.6 Å². The number of esters is 1. The van der Waals surface area contributed by atoms with Gasteiger partial charge in [-0.05, 0) is 61.4 Å². The highest BCUT2D eigenvalue weighted by Gasteiger charge is 2.10. The van der Waals surface area contributed by atoms with Crippen LogP contribution in [0, 0.1) is 13.8 Å². The smallest absolute Gasteiger partial charge is 0.387 e. The van der Waals surface area contributed by atoms with E-state index in [1.165, 1.54) is 37.5 Å². The minimum absolute atomic E-state index is 0.0823. The molecule has 8 heteroatoms. The summed E-state index contributed by atoms with van der Waals surface area (Å²) in [5.74, 6) is -0.478. The molecular formula is C23H22F2N2O4. The van der Waals surface area contributed by atoms with Gasteiger partial charge in [0.2, 0.25) is 0 Å². The number of hydrogen-bond donors (Lipinski definition) is 0. The Hall–Kier alpha value is -3.68. The third-order valence-electron chi connectivity index (χ3n) is 4.39. The third kappa shape index (κ3) is 5.91. The maximum Gasteiger partial charge on any atom is 0.387 e. The Morgan fingerprint density at radius 2 is 1.84 bits per heavy atom. The largest absolute Gasteiger partial charge is 0.493 e. The molecule has 0 saturated heterocycles. The van der Waals surface area contributed by atoms with Gasteiger partial charge in [-0.1, -0.05) is 18.2 Å². The normalized spacial score (nSPS) is 11.2. The van der Waals surface area contributed by atoms with Gasteiger partial charge < -0.3 is 14.2 Å². The van der Waals surface area contributed by atoms with Crippen molar-refractivity contribution in [1.29, 1.82) is 0 Å². The van der Waals surface area contributed by atoms with Gasteiger partial charge in [-0.25, -0.2) is 9.48 Å². The summed E-state index contributed by atoms with van der Waals surface area (Å²) in [6.07, 6.45) is 2.76. The Kier molecular flexibility index (Phi) is 7.02. The predicted octanol–water partition coefficient (Wildman–Crippen LogP) is 4.86. The van der Waals surface area contributed by atoms with Crippen LogP contribution in [-0.4, -0.2) is 29.5 Å². The van der Waals surface area contributed by atoms with Crippen LogP contribution in [0.1, 0.15) is 22.5 Å². The molecule has 3 aromatic rings. The molecule has 0 radical (unpaired) electrons. The van der Waals surface area contributed by atoms with E-state index in [-0.39, 0.29) is 18.1 Å². The fourth-order valence-electron chi connectivity index (χ4n) is 2.97. The zero-order chi connectivity index (χ0) is 22.4. The van der Waals surface area contributed by atoms with E-state index >= 15 is 0 Å². The summed E-state index contributed by atoms with van der Waals surface area (Å²) < 4.78 is 41.3. The Morgan fingerprint density at radius 3 is 2.45 bits per heavy atom. The molecule has 162 valence electrons. The molecule has 0 fully saturated rings. The highest BCUT2D eigenvalue weighted by molar-refractivity contribution is 5.87. The lowest BCUT2D eigenvalue weighted by atomic mass is 10.2. The molecule has 6 nitrogen and oxygen atoms in total. The quantitative estimate of drug-likeness (QED) is 0.379. The fraction of sp³-hybridized carbons (Fsp3) is 0.217. The first-order valence-corrected chi connectivity index (χ1v) is 9.46. The number of benzene rings is 2. The second kappa shape index (κ2) is 9.88. The monoisotopic (exact) mass is 428 g/mol. The van der Waals surface area contributed by atoms with E-state index in [2.05, 4.69) is 9.84 Å². The molecule has 2 aromatic carbocycles. The molecule has 0 aliphatic carbocycles. The van der Waals surface area contributed by atoms with E-state index in [9.17, 15) is 13.6 Å². The summed E-state index contributed by atoms with van der Waals surface area (Å²) in [6, 6.07) is 13.9. The van der Waals surface area contributed by atoms with Crippen molar-refractivity contribution in [2.45, 2.75) is 27.1 Å². The molecule has 0 atom stereocenters. The summed E-state index contributed by atoms with van der Waals surface area (Å²) in [4.78, 5) is 12.0. The fourth-order valence-corrected chi connectivity index (χ4v) is 2.97. The second-order valence-corrected chi connectivity index (χ2v) is 6.74. The molecule has 0 amide bonds. The lowest BCUT2D eigenvalue weighted by Gasteiger charge is -2.10. The Balaban J connectivity index is 1.57. The van der Waals surface area contributed by atoms with E-state index in [0.717, 1.165) is 22.6 Å². The molecular weight excluding hydrogens is 406 g/mol. The van der Waals surface area contributed by atoms with Gasteiger partial charge in [0.1, 0.15) is 6.61 Å². The third-order valence-corrected chi connectivity index (χ3v) is 4.39. The number of aromatic nitrogens is 2. The van der Waals surface area contributed by atoms with E-state index in [1.54, 1.807) is 0 Å². The lowest BCUT2D eigenvalue weighted by molar-refractivity contribution is -0.138. The summed E-state index contributed by atoms with van der Waals surface area (Å²) >= 11 is 0. The van der Waals surface area contributed by atoms with Gasteiger partial charge in [0.25, 0.3) is 0 Å². The highest BCUT2D eigenvalue weighted by Crippen LogP contribution is 2.29. The van der Waals surface area contributed by atoms with Crippen LogP contribution in [0.2, 0.25) is 0 Å². The number of rotatable bonds is 8. The van der Waals surface area contributed by atoms with Crippen molar-refractivity contribution >= 4 is 12.0 Å². The molecule has 0 aliphatic rings. The Morgan fingerprint density at radius 1 is 1.10 bits per heavy atom. The van der Waals surface area contributed by atoms with Crippen molar-refractivity contribution < 1.29 is 27.8 Å². The van der Waals surface area contributed by atoms with Crippen LogP contribution >= 0.6 is 0 Å². The molecule has 31 heavy (non-hydrogen) atoms. The average molecular weight is 428 g/mol. The lowest BCUT2D eigenvalue weighted by Crippen LogP contribution is -2.03. The summed E-state index contributed by atoms with van der Waals surface area (Å²) in [6.45, 7) is 1.08. The van der Waals surface area contributed by atoms with Crippen molar-refractivity contribution in [2.24, 2.45) is 0 Å². The number of carbonyl (C=O) groups excluding carboxylic acids is 1. The summed E-state index contributed by atoms with van der Waals surface area (Å²) in [5, 5.41) is 4.44. The van der Waals surface area contributed by atoms with Crippen molar-refractivity contribution in [3.63, 3.8) is 0 Å². The van der Waals surface area contributed by atoms with Crippen LogP contribution in [0.4, 0.5) is 8.78 Å². The number of alkyl halides is 2. The van der Waals surface area contributed by atoms with Gasteiger partial charge in [0.05, 0.1) is 18.5 Å². The summed E-state index contributed by atoms with van der Waals surface area (Å²) in [5.41, 5.74) is 4.31. The average Bonchev–Trinajstić information content (AvgIpc) is 3.09. The van der Waals surface area contributed by atoms with Gasteiger partial charge in [-0.3, -0.25) is 0 Å². The number of nitrogens with zero attached hydrogens (tertiary/aromatic N) is 2. The maximum atomic E-state index is 12.4. The number of methoxy groups -OCH3 is 1. The SMILES string of the molecule is COc1cc(C=CC(=O)OCc2ccc(-n3nc(C)cc3C)cc2)ccc1OC(F)F. The zero-order valence-corrected chi connectivity index (χ0v) is 17.3. The molecule has 1 aromatic heterocycles. The van der Waals surface area contributed by atoms with Crippen molar-refractivity contribution in [1.82, 2.24) is 9.78 Å². The number of hydrogen-bond acceptors (Lipinski definition) is 5. The van der Waals surface area contributed by atoms with Crippen LogP contribution in [0.3, 0.4) is 0 Å². The standard InChI is InChI=1S/C23H22F2N2O4/c1-15-12-16(2)27(26-15)19-8-4-18(5-9-19)14-30-22(28)11-7-17-6-10-20(31-23(24)25)21(13-17)29-3/h4-13,23H,14H2,1-3H3. The topological polar surface area (TPSA) is 62.6 Å². The van der Waals surface area contributed by atoms with E-state index in [1.807, 2.05) is 48.9 Å². The van der Waals surface area contributed by atoms with Gasteiger partial charge in [0.15, 0.2) is 11.5 Å². The van der Waals surface area contributed by atoms with Crippen LogP contribution in [-0.2, 0) is 16.1 Å². The molecule has 3 rings (SSSR count). The van der Waals surface area contributed by atoms with E-state index in [0.29, 0.717) is 5.56 Å². The molecule has 0 unspecified atom stereocenters. The van der Waals surface area contributed by atoms with Crippen LogP contribution < -0.4 is 9.47 Å². The number of halogens is 2. The van der Waals surface area contributed by atoms with Crippen molar-refractivity contribution in [2.75, 3.05) is 7.11 Å². The van der Waals surface area contributed by atoms with E-state index < -0.39 is 12.6 Å². The van der Waals surface area contributed by atoms with Gasteiger partial charge >= 0.3 is 12.6 Å². The molecule has 1 heterocycles. The first kappa shape index (κ1) is 22.0. The van der Waals surface area contributed by atoms with Gasteiger partial charge in [-0.2, -0.15) is 13.9 Å². The molecule has 0 N–H and O–H groups in total. The second-order valence-electron chi connectivity index (χ2n) is 6.74. The first-order chi connectivity index (χ1) is 14.9. The molecule has 0 saturated carbocycles. The number of carbonyl (C=O) groups is 1. The van der Waals surface area contributed by atoms with Crippen LogP contribution in [0.25, 0.3) is 11.8 Å². The number of ether oxygens (including phenoxy) is 3.